The number of ketones is 1. The third kappa shape index (κ3) is 6.39. The molecule has 2 rings (SSSR count). The van der Waals surface area contributed by atoms with E-state index < -0.39 is 17.7 Å². The Labute approximate surface area is 170 Å². The summed E-state index contributed by atoms with van der Waals surface area (Å²) in [6, 6.07) is 13.3. The van der Waals surface area contributed by atoms with Crippen molar-refractivity contribution >= 4 is 32.5 Å². The van der Waals surface area contributed by atoms with Gasteiger partial charge in [-0.3, -0.25) is 9.68 Å². The Kier molecular flexibility index (Phi) is 11.0. The highest BCUT2D eigenvalue weighted by Crippen LogP contribution is 2.32. The molecule has 150 valence electrons. The number of Topliss-reactive ketones (excluding diaryl/α,β-unsaturated/α-hetero) is 1. The second-order valence-corrected chi connectivity index (χ2v) is 5.65. The lowest BCUT2D eigenvalue weighted by Crippen LogP contribution is -2.25. The van der Waals surface area contributed by atoms with Crippen molar-refractivity contribution in [2.45, 2.75) is 5.92 Å². The molecule has 28 heavy (non-hydrogen) atoms. The Hall–Kier alpha value is -2.31. The normalized spacial score (nSPS) is 11.0. The SMILES string of the molecule is COCCOOC(=O)C(C(=O)c1c(Cl)cccc1OC)c1ccccc1.O=[PH2+]. The molecule has 2 aromatic carbocycles. The molecule has 0 aliphatic heterocycles. The van der Waals surface area contributed by atoms with E-state index in [1.807, 2.05) is 0 Å². The minimum absolute atomic E-state index is 0.0490. The molecule has 0 aliphatic rings. The fourth-order valence-corrected chi connectivity index (χ4v) is 2.62. The molecule has 0 spiro atoms. The van der Waals surface area contributed by atoms with E-state index in [0.29, 0.717) is 5.56 Å². The van der Waals surface area contributed by atoms with E-state index in [2.05, 4.69) is 0 Å². The molecule has 0 heterocycles. The van der Waals surface area contributed by atoms with Gasteiger partial charge >= 0.3 is 15.1 Å². The van der Waals surface area contributed by atoms with Crippen LogP contribution in [-0.4, -0.2) is 39.2 Å². The maximum Gasteiger partial charge on any atom is 0.357 e. The monoisotopic (exact) mass is 427 g/mol. The van der Waals surface area contributed by atoms with Crippen molar-refractivity contribution in [1.29, 1.82) is 0 Å². The number of halogens is 1. The number of methoxy groups -OCH3 is 2. The van der Waals surface area contributed by atoms with Crippen molar-refractivity contribution in [3.05, 3.63) is 64.7 Å². The Bertz CT molecular complexity index is 770. The molecule has 0 N–H and O–H groups in total. The second kappa shape index (κ2) is 13.0. The summed E-state index contributed by atoms with van der Waals surface area (Å²) in [7, 11) is 4.08. The van der Waals surface area contributed by atoms with Gasteiger partial charge in [-0.1, -0.05) is 52.6 Å². The molecule has 0 bridgehead atoms. The van der Waals surface area contributed by atoms with Crippen LogP contribution in [0.15, 0.2) is 48.5 Å². The van der Waals surface area contributed by atoms with Crippen LogP contribution in [0.25, 0.3) is 0 Å². The molecule has 2 atom stereocenters. The van der Waals surface area contributed by atoms with Crippen LogP contribution < -0.4 is 4.74 Å². The van der Waals surface area contributed by atoms with E-state index in [1.54, 1.807) is 48.5 Å². The molecule has 0 aromatic heterocycles. The third-order valence-electron chi connectivity index (χ3n) is 3.58. The van der Waals surface area contributed by atoms with Crippen LogP contribution in [0.1, 0.15) is 21.8 Å². The van der Waals surface area contributed by atoms with Crippen molar-refractivity contribution in [3.8, 4) is 5.75 Å². The van der Waals surface area contributed by atoms with Crippen LogP contribution >= 0.6 is 20.7 Å². The molecule has 0 saturated heterocycles. The van der Waals surface area contributed by atoms with Gasteiger partial charge in [0, 0.05) is 7.11 Å². The quantitative estimate of drug-likeness (QED) is 0.151. The summed E-state index contributed by atoms with van der Waals surface area (Å²) in [5.74, 6) is -2.36. The number of ether oxygens (including phenoxy) is 2. The predicted molar refractivity (Wildman–Crippen MR) is 106 cm³/mol. The van der Waals surface area contributed by atoms with Crippen LogP contribution in [0.4, 0.5) is 0 Å². The number of hydrogen-bond acceptors (Lipinski definition) is 7. The molecule has 0 fully saturated rings. The first-order valence-electron chi connectivity index (χ1n) is 8.07. The average molecular weight is 428 g/mol. The highest BCUT2D eigenvalue weighted by molar-refractivity contribution is 7.00. The maximum absolute atomic E-state index is 13.1. The zero-order valence-corrected chi connectivity index (χ0v) is 17.3. The van der Waals surface area contributed by atoms with Crippen molar-refractivity contribution in [1.82, 2.24) is 0 Å². The highest BCUT2D eigenvalue weighted by Gasteiger charge is 2.34. The zero-order valence-electron chi connectivity index (χ0n) is 15.4. The van der Waals surface area contributed by atoms with E-state index in [1.165, 1.54) is 23.3 Å². The van der Waals surface area contributed by atoms with E-state index in [4.69, 9.17) is 35.4 Å². The average Bonchev–Trinajstić information content (AvgIpc) is 2.73. The topological polar surface area (TPSA) is 88.1 Å². The van der Waals surface area contributed by atoms with Gasteiger partial charge in [-0.25, -0.2) is 4.79 Å². The van der Waals surface area contributed by atoms with Gasteiger partial charge in [0.15, 0.2) is 5.78 Å². The molecule has 9 heteroatoms. The van der Waals surface area contributed by atoms with Crippen LogP contribution in [0.2, 0.25) is 5.02 Å². The predicted octanol–water partition coefficient (Wildman–Crippen LogP) is 3.64. The van der Waals surface area contributed by atoms with E-state index >= 15 is 0 Å². The summed E-state index contributed by atoms with van der Waals surface area (Å²) >= 11 is 6.18. The second-order valence-electron chi connectivity index (χ2n) is 5.24. The third-order valence-corrected chi connectivity index (χ3v) is 3.90. The largest absolute Gasteiger partial charge is 0.496 e. The zero-order chi connectivity index (χ0) is 20.9. The van der Waals surface area contributed by atoms with Crippen LogP contribution in [0.5, 0.6) is 5.75 Å². The minimum atomic E-state index is -1.24. The summed E-state index contributed by atoms with van der Waals surface area (Å²) in [6.07, 6.45) is 0. The molecule has 0 radical (unpaired) electrons. The van der Waals surface area contributed by atoms with Crippen molar-refractivity contribution in [3.63, 3.8) is 0 Å². The van der Waals surface area contributed by atoms with Gasteiger partial charge in [0.1, 0.15) is 18.3 Å². The smallest absolute Gasteiger partial charge is 0.357 e. The summed E-state index contributed by atoms with van der Waals surface area (Å²) in [4.78, 5) is 35.3. The fraction of sp³-hybridized carbons (Fsp3) is 0.263. The molecule has 0 saturated carbocycles. The van der Waals surface area contributed by atoms with Gasteiger partial charge in [0.25, 0.3) is 0 Å². The molecule has 0 aliphatic carbocycles. The summed E-state index contributed by atoms with van der Waals surface area (Å²) < 4.78 is 18.2. The number of carbonyl (C=O) groups is 2. The molecule has 2 aromatic rings. The van der Waals surface area contributed by atoms with Gasteiger partial charge in [-0.15, -0.1) is 0 Å². The lowest BCUT2D eigenvalue weighted by Gasteiger charge is -2.17. The van der Waals surface area contributed by atoms with E-state index in [0.717, 1.165) is 0 Å². The van der Waals surface area contributed by atoms with Crippen LogP contribution in [0, 0.1) is 0 Å². The van der Waals surface area contributed by atoms with Gasteiger partial charge in [-0.2, -0.15) is 4.89 Å². The summed E-state index contributed by atoms with van der Waals surface area (Å²) in [5.41, 5.74) is 0.569. The van der Waals surface area contributed by atoms with Crippen LogP contribution in [0.3, 0.4) is 0 Å². The van der Waals surface area contributed by atoms with Crippen molar-refractivity contribution in [2.75, 3.05) is 27.4 Å². The molecule has 7 nitrogen and oxygen atoms in total. The fourth-order valence-electron chi connectivity index (χ4n) is 2.36. The van der Waals surface area contributed by atoms with Gasteiger partial charge in [0.05, 0.1) is 24.3 Å². The minimum Gasteiger partial charge on any atom is -0.496 e. The Balaban J connectivity index is 0.00000190. The van der Waals surface area contributed by atoms with Crippen molar-refractivity contribution in [2.24, 2.45) is 0 Å². The molecular weight excluding hydrogens is 407 g/mol. The van der Waals surface area contributed by atoms with Crippen LogP contribution in [-0.2, 0) is 23.9 Å². The highest BCUT2D eigenvalue weighted by atomic mass is 35.5. The molecule has 2 unspecified atom stereocenters. The number of carbonyl (C=O) groups excluding carboxylic acids is 2. The first kappa shape index (κ1) is 23.7. The maximum atomic E-state index is 13.1. The van der Waals surface area contributed by atoms with Gasteiger partial charge < -0.3 is 9.47 Å². The first-order chi connectivity index (χ1) is 13.6. The number of hydrogen-bond donors (Lipinski definition) is 0. The van der Waals surface area contributed by atoms with Crippen molar-refractivity contribution < 1.29 is 33.4 Å². The van der Waals surface area contributed by atoms with E-state index in [-0.39, 0.29) is 29.5 Å². The Morgan fingerprint density at radius 3 is 2.29 bits per heavy atom. The van der Waals surface area contributed by atoms with E-state index in [9.17, 15) is 9.59 Å². The standard InChI is InChI=1S/C19H19ClO6.H2OP/c1-23-11-12-25-26-19(22)16(13-7-4-3-5-8-13)18(21)17-14(20)9-6-10-15(17)24-2;1-2/h3-10,16H,11-12H2,1-2H3;2H2/q;+1. The van der Waals surface area contributed by atoms with Gasteiger partial charge in [-0.05, 0) is 17.7 Å². The molecular formula is C19H21ClO7P+. The Morgan fingerprint density at radius 1 is 1.00 bits per heavy atom. The Morgan fingerprint density at radius 2 is 1.68 bits per heavy atom. The first-order valence-corrected chi connectivity index (χ1v) is 8.92. The summed E-state index contributed by atoms with van der Waals surface area (Å²) in [5, 5.41) is 0.184. The number of benzene rings is 2. The lowest BCUT2D eigenvalue weighted by molar-refractivity contribution is -0.276. The lowest BCUT2D eigenvalue weighted by atomic mass is 9.90. The molecule has 0 amide bonds. The van der Waals surface area contributed by atoms with Gasteiger partial charge in [0.2, 0.25) is 0 Å². The summed E-state index contributed by atoms with van der Waals surface area (Å²) in [6.45, 7) is 0.295. The number of rotatable bonds is 9.